The molecule has 2 amide bonds. The molecule has 1 atom stereocenters. The van der Waals surface area contributed by atoms with Gasteiger partial charge in [-0.3, -0.25) is 0 Å². The topological polar surface area (TPSA) is 52.6 Å². The summed E-state index contributed by atoms with van der Waals surface area (Å²) in [6.07, 6.45) is 1.66. The molecule has 4 nitrogen and oxygen atoms in total. The van der Waals surface area contributed by atoms with Gasteiger partial charge in [0.15, 0.2) is 0 Å². The van der Waals surface area contributed by atoms with Crippen LogP contribution in [0.1, 0.15) is 12.8 Å². The van der Waals surface area contributed by atoms with Crippen molar-refractivity contribution in [1.82, 2.24) is 4.90 Å². The number of carbonyl (C=O) groups excluding carboxylic acids is 1. The molecular weight excluding hydrogens is 223 g/mol. The minimum Gasteiger partial charge on any atom is -0.394 e. The molecule has 0 unspecified atom stereocenters. The Balaban J connectivity index is 2.04. The zero-order chi connectivity index (χ0) is 12.3. The lowest BCUT2D eigenvalue weighted by Crippen LogP contribution is -2.40. The minimum absolute atomic E-state index is 0.0509. The largest absolute Gasteiger partial charge is 0.394 e. The third kappa shape index (κ3) is 2.55. The van der Waals surface area contributed by atoms with Crippen LogP contribution in [0.3, 0.4) is 0 Å². The predicted octanol–water partition coefficient (Wildman–Crippen LogP) is 1.81. The Morgan fingerprint density at radius 3 is 3.00 bits per heavy atom. The lowest BCUT2D eigenvalue weighted by atomic mass is 10.2. The van der Waals surface area contributed by atoms with Crippen LogP contribution in [0.15, 0.2) is 24.3 Å². The highest BCUT2D eigenvalue weighted by Crippen LogP contribution is 2.19. The molecule has 0 aliphatic carbocycles. The number of halogens is 1. The van der Waals surface area contributed by atoms with E-state index >= 15 is 0 Å². The zero-order valence-corrected chi connectivity index (χ0v) is 9.40. The summed E-state index contributed by atoms with van der Waals surface area (Å²) in [6, 6.07) is 5.53. The molecule has 1 heterocycles. The normalized spacial score (nSPS) is 19.4. The quantitative estimate of drug-likeness (QED) is 0.825. The van der Waals surface area contributed by atoms with Gasteiger partial charge >= 0.3 is 6.03 Å². The van der Waals surface area contributed by atoms with Gasteiger partial charge in [0, 0.05) is 6.54 Å². The highest BCUT2D eigenvalue weighted by molar-refractivity contribution is 5.89. The van der Waals surface area contributed by atoms with Gasteiger partial charge in [0.05, 0.1) is 18.3 Å². The number of anilines is 1. The fourth-order valence-corrected chi connectivity index (χ4v) is 2.04. The number of amides is 2. The van der Waals surface area contributed by atoms with Crippen LogP contribution in [0.5, 0.6) is 0 Å². The second kappa shape index (κ2) is 5.14. The summed E-state index contributed by atoms with van der Waals surface area (Å²) < 4.78 is 13.3. The molecule has 17 heavy (non-hydrogen) atoms. The van der Waals surface area contributed by atoms with Crippen molar-refractivity contribution in [3.8, 4) is 0 Å². The molecule has 0 spiro atoms. The first-order valence-electron chi connectivity index (χ1n) is 5.65. The van der Waals surface area contributed by atoms with Gasteiger partial charge in [-0.2, -0.15) is 0 Å². The summed E-state index contributed by atoms with van der Waals surface area (Å²) in [6.45, 7) is 0.552. The second-order valence-corrected chi connectivity index (χ2v) is 4.08. The van der Waals surface area contributed by atoms with Crippen LogP contribution < -0.4 is 5.32 Å². The molecule has 1 aliphatic heterocycles. The second-order valence-electron chi connectivity index (χ2n) is 4.08. The minimum atomic E-state index is -0.458. The number of benzene rings is 1. The fourth-order valence-electron chi connectivity index (χ4n) is 2.04. The Morgan fingerprint density at radius 2 is 2.29 bits per heavy atom. The maximum absolute atomic E-state index is 13.3. The molecule has 1 saturated heterocycles. The number of aliphatic hydroxyl groups excluding tert-OH is 1. The smallest absolute Gasteiger partial charge is 0.322 e. The summed E-state index contributed by atoms with van der Waals surface area (Å²) in [4.78, 5) is 13.4. The SMILES string of the molecule is O=C(Nc1ccccc1F)N1CCC[C@@H]1CO. The van der Waals surface area contributed by atoms with Crippen molar-refractivity contribution < 1.29 is 14.3 Å². The van der Waals surface area contributed by atoms with E-state index in [1.165, 1.54) is 12.1 Å². The molecule has 2 rings (SSSR count). The maximum Gasteiger partial charge on any atom is 0.322 e. The molecule has 0 radical (unpaired) electrons. The molecular formula is C12H15FN2O2. The Bertz CT molecular complexity index is 411. The Labute approximate surface area is 99.0 Å². The number of likely N-dealkylation sites (tertiary alicyclic amines) is 1. The number of hydrogen-bond acceptors (Lipinski definition) is 2. The van der Waals surface area contributed by atoms with E-state index in [-0.39, 0.29) is 24.4 Å². The monoisotopic (exact) mass is 238 g/mol. The van der Waals surface area contributed by atoms with Crippen LogP contribution in [-0.2, 0) is 0 Å². The number of hydrogen-bond donors (Lipinski definition) is 2. The van der Waals surface area contributed by atoms with Gasteiger partial charge in [-0.05, 0) is 25.0 Å². The summed E-state index contributed by atoms with van der Waals surface area (Å²) >= 11 is 0. The molecule has 1 aromatic rings. The number of para-hydroxylation sites is 1. The van der Waals surface area contributed by atoms with Crippen molar-refractivity contribution in [3.63, 3.8) is 0 Å². The highest BCUT2D eigenvalue weighted by Gasteiger charge is 2.28. The van der Waals surface area contributed by atoms with Gasteiger partial charge in [-0.25, -0.2) is 9.18 Å². The van der Waals surface area contributed by atoms with Crippen LogP contribution in [-0.4, -0.2) is 35.2 Å². The van der Waals surface area contributed by atoms with E-state index in [1.807, 2.05) is 0 Å². The van der Waals surface area contributed by atoms with Crippen molar-refractivity contribution in [2.24, 2.45) is 0 Å². The summed E-state index contributed by atoms with van der Waals surface area (Å²) in [5, 5.41) is 11.6. The number of rotatable bonds is 2. The highest BCUT2D eigenvalue weighted by atomic mass is 19.1. The third-order valence-electron chi connectivity index (χ3n) is 2.96. The molecule has 1 fully saturated rings. The zero-order valence-electron chi connectivity index (χ0n) is 9.40. The molecule has 5 heteroatoms. The maximum atomic E-state index is 13.3. The summed E-state index contributed by atoms with van der Waals surface area (Å²) in [7, 11) is 0. The van der Waals surface area contributed by atoms with E-state index in [0.717, 1.165) is 12.8 Å². The van der Waals surface area contributed by atoms with Crippen molar-refractivity contribution in [2.75, 3.05) is 18.5 Å². The van der Waals surface area contributed by atoms with E-state index in [1.54, 1.807) is 17.0 Å². The number of nitrogens with one attached hydrogen (secondary N) is 1. The van der Waals surface area contributed by atoms with E-state index in [2.05, 4.69) is 5.32 Å². The number of nitrogens with zero attached hydrogens (tertiary/aromatic N) is 1. The Hall–Kier alpha value is -1.62. The molecule has 2 N–H and O–H groups in total. The van der Waals surface area contributed by atoms with Crippen molar-refractivity contribution >= 4 is 11.7 Å². The average molecular weight is 238 g/mol. The lowest BCUT2D eigenvalue weighted by Gasteiger charge is -2.23. The standard InChI is InChI=1S/C12H15FN2O2/c13-10-5-1-2-6-11(10)14-12(17)15-7-3-4-9(15)8-16/h1-2,5-6,9,16H,3-4,7-8H2,(H,14,17)/t9-/m1/s1. The van der Waals surface area contributed by atoms with E-state index in [4.69, 9.17) is 5.11 Å². The first-order chi connectivity index (χ1) is 8.22. The van der Waals surface area contributed by atoms with Crippen LogP contribution in [0.2, 0.25) is 0 Å². The Kier molecular flexibility index (Phi) is 3.58. The molecule has 0 aromatic heterocycles. The van der Waals surface area contributed by atoms with Crippen molar-refractivity contribution in [3.05, 3.63) is 30.1 Å². The van der Waals surface area contributed by atoms with Crippen molar-refractivity contribution in [2.45, 2.75) is 18.9 Å². The Morgan fingerprint density at radius 1 is 1.53 bits per heavy atom. The predicted molar refractivity (Wildman–Crippen MR) is 62.2 cm³/mol. The van der Waals surface area contributed by atoms with E-state index < -0.39 is 5.82 Å². The van der Waals surface area contributed by atoms with Gasteiger partial charge in [-0.1, -0.05) is 12.1 Å². The van der Waals surface area contributed by atoms with E-state index in [0.29, 0.717) is 6.54 Å². The molecule has 0 bridgehead atoms. The summed E-state index contributed by atoms with van der Waals surface area (Å²) in [5.74, 6) is -0.458. The number of carbonyl (C=O) groups is 1. The van der Waals surface area contributed by atoms with Crippen LogP contribution in [0.25, 0.3) is 0 Å². The van der Waals surface area contributed by atoms with Gasteiger partial charge in [0.1, 0.15) is 5.82 Å². The van der Waals surface area contributed by atoms with Gasteiger partial charge in [0.25, 0.3) is 0 Å². The first-order valence-corrected chi connectivity index (χ1v) is 5.65. The van der Waals surface area contributed by atoms with Gasteiger partial charge in [-0.15, -0.1) is 0 Å². The van der Waals surface area contributed by atoms with Crippen LogP contribution >= 0.6 is 0 Å². The van der Waals surface area contributed by atoms with Crippen LogP contribution in [0, 0.1) is 5.82 Å². The number of aliphatic hydroxyl groups is 1. The fraction of sp³-hybridized carbons (Fsp3) is 0.417. The first kappa shape index (κ1) is 11.9. The molecule has 1 aliphatic rings. The molecule has 1 aromatic carbocycles. The van der Waals surface area contributed by atoms with Crippen LogP contribution in [0.4, 0.5) is 14.9 Å². The molecule has 0 saturated carbocycles. The molecule has 92 valence electrons. The van der Waals surface area contributed by atoms with Gasteiger partial charge in [0.2, 0.25) is 0 Å². The summed E-state index contributed by atoms with van der Waals surface area (Å²) in [5.41, 5.74) is 0.168. The van der Waals surface area contributed by atoms with Crippen molar-refractivity contribution in [1.29, 1.82) is 0 Å². The number of urea groups is 1. The third-order valence-corrected chi connectivity index (χ3v) is 2.96. The van der Waals surface area contributed by atoms with Gasteiger partial charge < -0.3 is 15.3 Å². The van der Waals surface area contributed by atoms with E-state index in [9.17, 15) is 9.18 Å². The average Bonchev–Trinajstić information content (AvgIpc) is 2.80. The lowest BCUT2D eigenvalue weighted by molar-refractivity contribution is 0.166.